The third kappa shape index (κ3) is 5.91. The minimum absolute atomic E-state index is 0.0576. The first-order valence-corrected chi connectivity index (χ1v) is 10.4. The largest absolute Gasteiger partial charge is 0.497 e. The SMILES string of the molecule is COc1ccc(COCC2CC(CSCc3ccc(OC)cc3)C(=O)O2)cc1. The Balaban J connectivity index is 1.35. The van der Waals surface area contributed by atoms with Gasteiger partial charge in [0.1, 0.15) is 17.6 Å². The summed E-state index contributed by atoms with van der Waals surface area (Å²) < 4.78 is 21.5. The van der Waals surface area contributed by atoms with Crippen LogP contribution in [0.2, 0.25) is 0 Å². The first-order chi connectivity index (χ1) is 13.7. The van der Waals surface area contributed by atoms with Crippen molar-refractivity contribution in [3.05, 3.63) is 59.7 Å². The van der Waals surface area contributed by atoms with Crippen molar-refractivity contribution in [3.63, 3.8) is 0 Å². The van der Waals surface area contributed by atoms with Gasteiger partial charge in [-0.1, -0.05) is 24.3 Å². The van der Waals surface area contributed by atoms with Crippen molar-refractivity contribution in [1.82, 2.24) is 0 Å². The van der Waals surface area contributed by atoms with Crippen molar-refractivity contribution >= 4 is 17.7 Å². The third-order valence-corrected chi connectivity index (χ3v) is 5.82. The standard InChI is InChI=1S/C22H26O5S/c1-24-19-7-3-16(4-8-19)12-26-13-21-11-18(22(23)27-21)15-28-14-17-5-9-20(25-2)10-6-17/h3-10,18,21H,11-15H2,1-2H3. The second-order valence-electron chi connectivity index (χ2n) is 6.72. The zero-order valence-electron chi connectivity index (χ0n) is 16.3. The molecular formula is C22H26O5S. The van der Waals surface area contributed by atoms with Crippen LogP contribution in [-0.2, 0) is 26.6 Å². The molecule has 5 nitrogen and oxygen atoms in total. The minimum atomic E-state index is -0.155. The molecule has 1 heterocycles. The van der Waals surface area contributed by atoms with Crippen LogP contribution in [0.3, 0.4) is 0 Å². The van der Waals surface area contributed by atoms with Crippen LogP contribution >= 0.6 is 11.8 Å². The molecule has 150 valence electrons. The number of ether oxygens (including phenoxy) is 4. The Morgan fingerprint density at radius 1 is 0.964 bits per heavy atom. The van der Waals surface area contributed by atoms with Crippen molar-refractivity contribution < 1.29 is 23.7 Å². The lowest BCUT2D eigenvalue weighted by atomic mass is 10.1. The molecule has 1 saturated heterocycles. The molecule has 2 unspecified atom stereocenters. The van der Waals surface area contributed by atoms with Crippen molar-refractivity contribution in [2.24, 2.45) is 5.92 Å². The highest BCUT2D eigenvalue weighted by Gasteiger charge is 2.34. The molecule has 0 aliphatic carbocycles. The second kappa shape index (κ2) is 10.4. The Labute approximate surface area is 170 Å². The summed E-state index contributed by atoms with van der Waals surface area (Å²) in [6.07, 6.45) is 0.564. The van der Waals surface area contributed by atoms with Crippen LogP contribution in [0.25, 0.3) is 0 Å². The lowest BCUT2D eigenvalue weighted by Gasteiger charge is -2.10. The summed E-state index contributed by atoms with van der Waals surface area (Å²) in [5.41, 5.74) is 2.29. The Kier molecular flexibility index (Phi) is 7.62. The van der Waals surface area contributed by atoms with E-state index in [2.05, 4.69) is 12.1 Å². The monoisotopic (exact) mass is 402 g/mol. The minimum Gasteiger partial charge on any atom is -0.497 e. The van der Waals surface area contributed by atoms with Gasteiger partial charge >= 0.3 is 5.97 Å². The number of thioether (sulfide) groups is 1. The van der Waals surface area contributed by atoms with Crippen LogP contribution in [0.4, 0.5) is 0 Å². The Morgan fingerprint density at radius 2 is 1.57 bits per heavy atom. The van der Waals surface area contributed by atoms with Crippen LogP contribution < -0.4 is 9.47 Å². The number of cyclic esters (lactones) is 1. The van der Waals surface area contributed by atoms with Gasteiger partial charge in [0.15, 0.2) is 0 Å². The Morgan fingerprint density at radius 3 is 2.18 bits per heavy atom. The molecule has 0 radical (unpaired) electrons. The molecule has 0 spiro atoms. The fraction of sp³-hybridized carbons (Fsp3) is 0.409. The molecule has 1 aliphatic heterocycles. The van der Waals surface area contributed by atoms with Gasteiger partial charge in [0.05, 0.1) is 33.4 Å². The van der Waals surface area contributed by atoms with Crippen LogP contribution in [-0.4, -0.2) is 38.7 Å². The third-order valence-electron chi connectivity index (χ3n) is 4.64. The first-order valence-electron chi connectivity index (χ1n) is 9.29. The number of esters is 1. The van der Waals surface area contributed by atoms with E-state index in [9.17, 15) is 4.79 Å². The van der Waals surface area contributed by atoms with Gasteiger partial charge in [-0.2, -0.15) is 11.8 Å². The molecule has 0 amide bonds. The van der Waals surface area contributed by atoms with Crippen LogP contribution in [0.1, 0.15) is 17.5 Å². The van der Waals surface area contributed by atoms with Gasteiger partial charge in [-0.15, -0.1) is 0 Å². The topological polar surface area (TPSA) is 54.0 Å². The molecule has 0 bridgehead atoms. The zero-order valence-corrected chi connectivity index (χ0v) is 17.1. The van der Waals surface area contributed by atoms with Crippen LogP contribution in [0.5, 0.6) is 11.5 Å². The smallest absolute Gasteiger partial charge is 0.310 e. The van der Waals surface area contributed by atoms with Crippen LogP contribution in [0, 0.1) is 5.92 Å². The van der Waals surface area contributed by atoms with Gasteiger partial charge in [0, 0.05) is 17.9 Å². The van der Waals surface area contributed by atoms with Crippen molar-refractivity contribution in [1.29, 1.82) is 0 Å². The Hall–Kier alpha value is -2.18. The highest BCUT2D eigenvalue weighted by molar-refractivity contribution is 7.98. The maximum Gasteiger partial charge on any atom is 0.310 e. The lowest BCUT2D eigenvalue weighted by molar-refractivity contribution is -0.145. The molecule has 6 heteroatoms. The van der Waals surface area contributed by atoms with E-state index in [-0.39, 0.29) is 18.0 Å². The zero-order chi connectivity index (χ0) is 19.8. The predicted molar refractivity (Wildman–Crippen MR) is 110 cm³/mol. The predicted octanol–water partition coefficient (Wildman–Crippen LogP) is 4.09. The molecule has 2 aromatic rings. The normalized spacial score (nSPS) is 18.7. The summed E-state index contributed by atoms with van der Waals surface area (Å²) in [7, 11) is 3.30. The van der Waals surface area contributed by atoms with E-state index in [1.54, 1.807) is 26.0 Å². The summed E-state index contributed by atoms with van der Waals surface area (Å²) in [5.74, 6) is 3.14. The van der Waals surface area contributed by atoms with Gasteiger partial charge in [-0.3, -0.25) is 4.79 Å². The number of rotatable bonds is 10. The number of carbonyl (C=O) groups is 1. The number of carbonyl (C=O) groups excluding carboxylic acids is 1. The van der Waals surface area contributed by atoms with Gasteiger partial charge in [0.2, 0.25) is 0 Å². The number of methoxy groups -OCH3 is 2. The van der Waals surface area contributed by atoms with E-state index >= 15 is 0 Å². The summed E-state index contributed by atoms with van der Waals surface area (Å²) >= 11 is 1.75. The Bertz CT molecular complexity index is 745. The molecule has 1 fully saturated rings. The van der Waals surface area contributed by atoms with Crippen molar-refractivity contribution in [2.75, 3.05) is 26.6 Å². The van der Waals surface area contributed by atoms with Gasteiger partial charge in [0.25, 0.3) is 0 Å². The summed E-state index contributed by atoms with van der Waals surface area (Å²) in [5, 5.41) is 0. The fourth-order valence-electron chi connectivity index (χ4n) is 3.03. The van der Waals surface area contributed by atoms with E-state index in [0.717, 1.165) is 35.0 Å². The molecule has 2 atom stereocenters. The van der Waals surface area contributed by atoms with Gasteiger partial charge < -0.3 is 18.9 Å². The highest BCUT2D eigenvalue weighted by atomic mass is 32.2. The maximum absolute atomic E-state index is 12.1. The van der Waals surface area contributed by atoms with E-state index in [0.29, 0.717) is 13.2 Å². The number of hydrogen-bond acceptors (Lipinski definition) is 6. The van der Waals surface area contributed by atoms with E-state index in [1.807, 2.05) is 36.4 Å². The average Bonchev–Trinajstić information content (AvgIpc) is 3.08. The van der Waals surface area contributed by atoms with E-state index in [1.165, 1.54) is 5.56 Å². The van der Waals surface area contributed by atoms with E-state index < -0.39 is 0 Å². The molecule has 3 rings (SSSR count). The van der Waals surface area contributed by atoms with Gasteiger partial charge in [-0.25, -0.2) is 0 Å². The van der Waals surface area contributed by atoms with E-state index in [4.69, 9.17) is 18.9 Å². The van der Waals surface area contributed by atoms with Crippen LogP contribution in [0.15, 0.2) is 48.5 Å². The first kappa shape index (κ1) is 20.6. The molecule has 2 aromatic carbocycles. The summed E-state index contributed by atoms with van der Waals surface area (Å²) in [6, 6.07) is 15.8. The quantitative estimate of drug-likeness (QED) is 0.558. The molecule has 28 heavy (non-hydrogen) atoms. The summed E-state index contributed by atoms with van der Waals surface area (Å²) in [6.45, 7) is 0.923. The fourth-order valence-corrected chi connectivity index (χ4v) is 4.13. The molecular weight excluding hydrogens is 376 g/mol. The van der Waals surface area contributed by atoms with Gasteiger partial charge in [-0.05, 0) is 35.4 Å². The van der Waals surface area contributed by atoms with Crippen molar-refractivity contribution in [3.8, 4) is 11.5 Å². The number of benzene rings is 2. The van der Waals surface area contributed by atoms with Crippen molar-refractivity contribution in [2.45, 2.75) is 24.9 Å². The average molecular weight is 403 g/mol. The maximum atomic E-state index is 12.1. The number of hydrogen-bond donors (Lipinski definition) is 0. The molecule has 0 saturated carbocycles. The molecule has 0 aromatic heterocycles. The summed E-state index contributed by atoms with van der Waals surface area (Å²) in [4.78, 5) is 12.1. The highest BCUT2D eigenvalue weighted by Crippen LogP contribution is 2.27. The molecule has 0 N–H and O–H groups in total. The molecule has 1 aliphatic rings. The lowest BCUT2D eigenvalue weighted by Crippen LogP contribution is -2.14. The second-order valence-corrected chi connectivity index (χ2v) is 7.75.